The molecule has 2 heterocycles. The zero-order valence-corrected chi connectivity index (χ0v) is 15.3. The molecule has 0 unspecified atom stereocenters. The number of aliphatic hydroxyl groups is 1. The highest BCUT2D eigenvalue weighted by molar-refractivity contribution is 5.61. The molecule has 26 heavy (non-hydrogen) atoms. The lowest BCUT2D eigenvalue weighted by atomic mass is 10.0. The minimum Gasteiger partial charge on any atom is -0.396 e. The predicted molar refractivity (Wildman–Crippen MR) is 103 cm³/mol. The summed E-state index contributed by atoms with van der Waals surface area (Å²) >= 11 is 0. The Bertz CT molecular complexity index is 831. The van der Waals surface area contributed by atoms with Crippen LogP contribution in [0.1, 0.15) is 37.1 Å². The lowest BCUT2D eigenvalue weighted by Gasteiger charge is -2.18. The van der Waals surface area contributed by atoms with Gasteiger partial charge in [0.2, 0.25) is 5.95 Å². The number of anilines is 1. The maximum atomic E-state index is 9.41. The average molecular weight is 351 g/mol. The zero-order chi connectivity index (χ0) is 18.4. The van der Waals surface area contributed by atoms with Crippen LogP contribution in [0.3, 0.4) is 0 Å². The molecular formula is C20H25N5O. The molecule has 2 N–H and O–H groups in total. The van der Waals surface area contributed by atoms with Crippen LogP contribution >= 0.6 is 0 Å². The van der Waals surface area contributed by atoms with E-state index in [0.717, 1.165) is 35.5 Å². The highest BCUT2D eigenvalue weighted by Gasteiger charge is 2.14. The van der Waals surface area contributed by atoms with Gasteiger partial charge in [0.15, 0.2) is 0 Å². The van der Waals surface area contributed by atoms with Gasteiger partial charge < -0.3 is 10.4 Å². The standard InChI is InChI=1S/C20H25N5O/c1-3-12-25-14-17(15(2)24-25)19-9-11-21-20(23-19)22-18(10-13-26)16-7-5-4-6-8-16/h4-9,11,14,18,26H,3,10,12-13H2,1-2H3,(H,21,22,23)/t18-/m0/s1. The van der Waals surface area contributed by atoms with E-state index >= 15 is 0 Å². The third-order valence-electron chi connectivity index (χ3n) is 4.25. The molecule has 0 saturated carbocycles. The molecule has 0 spiro atoms. The maximum Gasteiger partial charge on any atom is 0.223 e. The molecule has 3 aromatic rings. The molecule has 6 heteroatoms. The molecule has 6 nitrogen and oxygen atoms in total. The fraction of sp³-hybridized carbons (Fsp3) is 0.350. The van der Waals surface area contributed by atoms with E-state index in [4.69, 9.17) is 0 Å². The number of rotatable bonds is 8. The summed E-state index contributed by atoms with van der Waals surface area (Å²) in [5, 5.41) is 17.3. The van der Waals surface area contributed by atoms with Gasteiger partial charge in [0.25, 0.3) is 0 Å². The van der Waals surface area contributed by atoms with E-state index in [1.165, 1.54) is 0 Å². The maximum absolute atomic E-state index is 9.41. The fourth-order valence-corrected chi connectivity index (χ4v) is 2.98. The SMILES string of the molecule is CCCn1cc(-c2ccnc(N[C@@H](CCO)c3ccccc3)n2)c(C)n1. The van der Waals surface area contributed by atoms with Gasteiger partial charge in [0.05, 0.1) is 17.4 Å². The molecule has 0 radical (unpaired) electrons. The average Bonchev–Trinajstić information content (AvgIpc) is 3.03. The number of aryl methyl sites for hydroxylation is 2. The molecule has 0 aliphatic heterocycles. The van der Waals surface area contributed by atoms with Crippen LogP contribution in [0.25, 0.3) is 11.3 Å². The molecule has 0 amide bonds. The van der Waals surface area contributed by atoms with Crippen LogP contribution in [0.15, 0.2) is 48.8 Å². The Hall–Kier alpha value is -2.73. The Labute approximate surface area is 153 Å². The molecule has 136 valence electrons. The summed E-state index contributed by atoms with van der Waals surface area (Å²) < 4.78 is 1.96. The molecule has 0 bridgehead atoms. The van der Waals surface area contributed by atoms with Crippen LogP contribution < -0.4 is 5.32 Å². The van der Waals surface area contributed by atoms with E-state index < -0.39 is 0 Å². The second-order valence-corrected chi connectivity index (χ2v) is 6.28. The first-order valence-electron chi connectivity index (χ1n) is 9.01. The summed E-state index contributed by atoms with van der Waals surface area (Å²) in [5.74, 6) is 0.549. The third-order valence-corrected chi connectivity index (χ3v) is 4.25. The Morgan fingerprint density at radius 2 is 2.00 bits per heavy atom. The summed E-state index contributed by atoms with van der Waals surface area (Å²) in [5.41, 5.74) is 3.92. The summed E-state index contributed by atoms with van der Waals surface area (Å²) in [6.45, 7) is 5.11. The lowest BCUT2D eigenvalue weighted by Crippen LogP contribution is -2.14. The summed E-state index contributed by atoms with van der Waals surface area (Å²) in [6, 6.07) is 11.9. The molecule has 2 aromatic heterocycles. The smallest absolute Gasteiger partial charge is 0.223 e. The molecule has 0 aliphatic rings. The monoisotopic (exact) mass is 351 g/mol. The lowest BCUT2D eigenvalue weighted by molar-refractivity contribution is 0.280. The van der Waals surface area contributed by atoms with E-state index in [1.54, 1.807) is 6.20 Å². The zero-order valence-electron chi connectivity index (χ0n) is 15.3. The quantitative estimate of drug-likeness (QED) is 0.648. The summed E-state index contributed by atoms with van der Waals surface area (Å²) in [6.07, 6.45) is 5.41. The van der Waals surface area contributed by atoms with Gasteiger partial charge >= 0.3 is 0 Å². The van der Waals surface area contributed by atoms with Gasteiger partial charge in [-0.15, -0.1) is 0 Å². The topological polar surface area (TPSA) is 75.9 Å². The van der Waals surface area contributed by atoms with Crippen molar-refractivity contribution < 1.29 is 5.11 Å². The minimum absolute atomic E-state index is 0.0413. The first-order valence-corrected chi connectivity index (χ1v) is 9.01. The Kier molecular flexibility index (Phi) is 5.96. The van der Waals surface area contributed by atoms with Crippen LogP contribution in [0.4, 0.5) is 5.95 Å². The van der Waals surface area contributed by atoms with E-state index in [-0.39, 0.29) is 12.6 Å². The Morgan fingerprint density at radius 1 is 1.19 bits per heavy atom. The van der Waals surface area contributed by atoms with Crippen LogP contribution in [0.2, 0.25) is 0 Å². The third kappa shape index (κ3) is 4.26. The van der Waals surface area contributed by atoms with Gasteiger partial charge in [-0.2, -0.15) is 5.10 Å². The number of nitrogens with zero attached hydrogens (tertiary/aromatic N) is 4. The number of aliphatic hydroxyl groups excluding tert-OH is 1. The van der Waals surface area contributed by atoms with Crippen LogP contribution in [-0.4, -0.2) is 31.5 Å². The predicted octanol–water partition coefficient (Wildman–Crippen LogP) is 3.59. The first kappa shape index (κ1) is 18.1. The van der Waals surface area contributed by atoms with Crippen molar-refractivity contribution in [1.29, 1.82) is 0 Å². The van der Waals surface area contributed by atoms with Crippen molar-refractivity contribution in [3.63, 3.8) is 0 Å². The van der Waals surface area contributed by atoms with Crippen LogP contribution in [0, 0.1) is 6.92 Å². The molecule has 3 rings (SSSR count). The second kappa shape index (κ2) is 8.58. The Morgan fingerprint density at radius 3 is 2.73 bits per heavy atom. The van der Waals surface area contributed by atoms with Crippen molar-refractivity contribution >= 4 is 5.95 Å². The normalized spacial score (nSPS) is 12.1. The molecule has 1 atom stereocenters. The van der Waals surface area contributed by atoms with E-state index in [0.29, 0.717) is 12.4 Å². The fourth-order valence-electron chi connectivity index (χ4n) is 2.98. The van der Waals surface area contributed by atoms with Crippen LogP contribution in [-0.2, 0) is 6.54 Å². The number of benzene rings is 1. The van der Waals surface area contributed by atoms with Gasteiger partial charge in [0.1, 0.15) is 0 Å². The number of nitrogens with one attached hydrogen (secondary N) is 1. The Balaban J connectivity index is 1.84. The van der Waals surface area contributed by atoms with Crippen molar-refractivity contribution in [3.8, 4) is 11.3 Å². The van der Waals surface area contributed by atoms with Crippen molar-refractivity contribution in [2.45, 2.75) is 39.3 Å². The number of hydrogen-bond acceptors (Lipinski definition) is 5. The van der Waals surface area contributed by atoms with Gasteiger partial charge in [-0.05, 0) is 31.4 Å². The van der Waals surface area contributed by atoms with E-state index in [2.05, 4.69) is 27.3 Å². The van der Waals surface area contributed by atoms with E-state index in [9.17, 15) is 5.11 Å². The summed E-state index contributed by atoms with van der Waals surface area (Å²) in [7, 11) is 0. The molecule has 1 aromatic carbocycles. The van der Waals surface area contributed by atoms with Crippen LogP contribution in [0.5, 0.6) is 0 Å². The molecular weight excluding hydrogens is 326 g/mol. The number of hydrogen-bond donors (Lipinski definition) is 2. The van der Waals surface area contributed by atoms with E-state index in [1.807, 2.05) is 54.2 Å². The van der Waals surface area contributed by atoms with Crippen molar-refractivity contribution in [3.05, 3.63) is 60.0 Å². The van der Waals surface area contributed by atoms with Gasteiger partial charge in [-0.3, -0.25) is 4.68 Å². The minimum atomic E-state index is -0.0413. The molecule has 0 aliphatic carbocycles. The van der Waals surface area contributed by atoms with Crippen molar-refractivity contribution in [2.24, 2.45) is 0 Å². The van der Waals surface area contributed by atoms with Crippen molar-refractivity contribution in [2.75, 3.05) is 11.9 Å². The highest BCUT2D eigenvalue weighted by atomic mass is 16.3. The van der Waals surface area contributed by atoms with Gasteiger partial charge in [-0.1, -0.05) is 37.3 Å². The largest absolute Gasteiger partial charge is 0.396 e. The summed E-state index contributed by atoms with van der Waals surface area (Å²) in [4.78, 5) is 9.02. The second-order valence-electron chi connectivity index (χ2n) is 6.28. The highest BCUT2D eigenvalue weighted by Crippen LogP contribution is 2.24. The molecule has 0 saturated heterocycles. The van der Waals surface area contributed by atoms with Gasteiger partial charge in [0, 0.05) is 31.1 Å². The first-order chi connectivity index (χ1) is 12.7. The van der Waals surface area contributed by atoms with Gasteiger partial charge in [-0.25, -0.2) is 9.97 Å². The van der Waals surface area contributed by atoms with Crippen molar-refractivity contribution in [1.82, 2.24) is 19.7 Å². The molecule has 0 fully saturated rings. The number of aromatic nitrogens is 4.